The van der Waals surface area contributed by atoms with Crippen molar-refractivity contribution in [2.75, 3.05) is 33.9 Å². The number of esters is 1. The van der Waals surface area contributed by atoms with E-state index in [9.17, 15) is 9.59 Å². The van der Waals surface area contributed by atoms with Crippen molar-refractivity contribution in [3.8, 4) is 0 Å². The Morgan fingerprint density at radius 2 is 1.89 bits per heavy atom. The Morgan fingerprint density at radius 3 is 2.33 bits per heavy atom. The van der Waals surface area contributed by atoms with Crippen molar-refractivity contribution in [3.05, 3.63) is 0 Å². The minimum absolute atomic E-state index is 0.122. The molecule has 0 amide bonds. The number of likely N-dealkylation sites (N-methyl/N-ethyl adjacent to an activating group) is 1. The molecule has 0 aromatic heterocycles. The number of nitrogens with zero attached hydrogens (tertiary/aromatic N) is 1. The highest BCUT2D eigenvalue weighted by Crippen LogP contribution is 2.19. The van der Waals surface area contributed by atoms with Crippen molar-refractivity contribution in [2.24, 2.45) is 5.41 Å². The second-order valence-corrected chi connectivity index (χ2v) is 4.99. The Hall–Kier alpha value is -0.940. The van der Waals surface area contributed by atoms with Crippen LogP contribution < -0.4 is 0 Å². The Labute approximate surface area is 109 Å². The summed E-state index contributed by atoms with van der Waals surface area (Å²) in [6.45, 7) is 7.93. The van der Waals surface area contributed by atoms with Crippen molar-refractivity contribution < 1.29 is 19.1 Å². The van der Waals surface area contributed by atoms with Crippen LogP contribution >= 0.6 is 0 Å². The summed E-state index contributed by atoms with van der Waals surface area (Å²) in [5.74, 6) is -0.616. The van der Waals surface area contributed by atoms with Crippen LogP contribution in [0.3, 0.4) is 0 Å². The third-order valence-electron chi connectivity index (χ3n) is 3.04. The summed E-state index contributed by atoms with van der Waals surface area (Å²) in [5.41, 5.74) is -1.10. The van der Waals surface area contributed by atoms with Gasteiger partial charge in [0.15, 0.2) is 5.78 Å². The van der Waals surface area contributed by atoms with E-state index in [2.05, 4.69) is 0 Å². The number of rotatable bonds is 8. The molecule has 0 rings (SSSR count). The molecule has 0 heterocycles. The smallest absolute Gasteiger partial charge is 0.319 e. The lowest BCUT2D eigenvalue weighted by Crippen LogP contribution is -2.44. The third-order valence-corrected chi connectivity index (χ3v) is 3.04. The minimum Gasteiger partial charge on any atom is -0.465 e. The number of ketones is 1. The number of Topliss-reactive ketones (excluding diaryl/α,β-unsaturated/α-hetero) is 1. The van der Waals surface area contributed by atoms with E-state index in [-0.39, 0.29) is 25.0 Å². The van der Waals surface area contributed by atoms with Gasteiger partial charge in [-0.2, -0.15) is 0 Å². The lowest BCUT2D eigenvalue weighted by Gasteiger charge is -2.27. The van der Waals surface area contributed by atoms with E-state index in [1.807, 2.05) is 18.9 Å². The number of hydrogen-bond acceptors (Lipinski definition) is 5. The van der Waals surface area contributed by atoms with E-state index >= 15 is 0 Å². The van der Waals surface area contributed by atoms with E-state index in [0.717, 1.165) is 0 Å². The molecule has 0 aliphatic heterocycles. The van der Waals surface area contributed by atoms with E-state index < -0.39 is 11.4 Å². The van der Waals surface area contributed by atoms with Crippen LogP contribution in [0.1, 0.15) is 27.7 Å². The highest BCUT2D eigenvalue weighted by Gasteiger charge is 2.37. The van der Waals surface area contributed by atoms with Crippen molar-refractivity contribution >= 4 is 11.8 Å². The van der Waals surface area contributed by atoms with Gasteiger partial charge in [-0.25, -0.2) is 0 Å². The Bertz CT molecular complexity index is 289. The molecule has 0 saturated carbocycles. The monoisotopic (exact) mass is 259 g/mol. The van der Waals surface area contributed by atoms with Crippen molar-refractivity contribution in [1.82, 2.24) is 4.90 Å². The molecule has 0 aliphatic rings. The predicted octanol–water partition coefficient (Wildman–Crippen LogP) is 1.11. The molecule has 0 spiro atoms. The molecule has 0 radical (unpaired) electrons. The van der Waals surface area contributed by atoms with Crippen LogP contribution in [0.2, 0.25) is 0 Å². The average Bonchev–Trinajstić information content (AvgIpc) is 2.29. The van der Waals surface area contributed by atoms with Crippen LogP contribution in [-0.4, -0.2) is 56.6 Å². The number of carbonyl (C=O) groups excluding carboxylic acids is 2. The van der Waals surface area contributed by atoms with Gasteiger partial charge in [0.05, 0.1) is 19.8 Å². The Balaban J connectivity index is 4.51. The lowest BCUT2D eigenvalue weighted by atomic mass is 9.87. The number of hydrogen-bond donors (Lipinski definition) is 0. The summed E-state index contributed by atoms with van der Waals surface area (Å²) < 4.78 is 9.95. The fraction of sp³-hybridized carbons (Fsp3) is 0.846. The average molecular weight is 259 g/mol. The van der Waals surface area contributed by atoms with Gasteiger partial charge >= 0.3 is 5.97 Å². The van der Waals surface area contributed by atoms with Crippen LogP contribution in [0.5, 0.6) is 0 Å². The van der Waals surface area contributed by atoms with Crippen LogP contribution in [-0.2, 0) is 19.1 Å². The summed E-state index contributed by atoms with van der Waals surface area (Å²) in [6.07, 6.45) is 0. The highest BCUT2D eigenvalue weighted by molar-refractivity contribution is 6.03. The molecule has 0 saturated heterocycles. The van der Waals surface area contributed by atoms with Gasteiger partial charge in [0, 0.05) is 13.2 Å². The molecule has 1 atom stereocenters. The van der Waals surface area contributed by atoms with E-state index in [0.29, 0.717) is 6.61 Å². The summed E-state index contributed by atoms with van der Waals surface area (Å²) in [6, 6.07) is 0.122. The zero-order chi connectivity index (χ0) is 14.3. The topological polar surface area (TPSA) is 55.8 Å². The Morgan fingerprint density at radius 1 is 1.33 bits per heavy atom. The molecule has 0 N–H and O–H groups in total. The van der Waals surface area contributed by atoms with Crippen molar-refractivity contribution in [1.29, 1.82) is 0 Å². The van der Waals surface area contributed by atoms with Crippen LogP contribution in [0.4, 0.5) is 0 Å². The summed E-state index contributed by atoms with van der Waals surface area (Å²) >= 11 is 0. The van der Waals surface area contributed by atoms with Gasteiger partial charge in [-0.15, -0.1) is 0 Å². The molecule has 1 unspecified atom stereocenters. The molecule has 0 aromatic rings. The lowest BCUT2D eigenvalue weighted by molar-refractivity contribution is -0.158. The SMILES string of the molecule is CCOC(=O)C(C)(C)C(=O)CN(C)C(C)COC. The minimum atomic E-state index is -1.10. The third kappa shape index (κ3) is 4.74. The van der Waals surface area contributed by atoms with E-state index in [1.165, 1.54) is 0 Å². The van der Waals surface area contributed by atoms with Crippen LogP contribution in [0.25, 0.3) is 0 Å². The van der Waals surface area contributed by atoms with Gasteiger partial charge in [0.25, 0.3) is 0 Å². The number of carbonyl (C=O) groups is 2. The molecule has 18 heavy (non-hydrogen) atoms. The molecule has 5 heteroatoms. The van der Waals surface area contributed by atoms with Gasteiger partial charge in [-0.3, -0.25) is 14.5 Å². The first-order valence-electron chi connectivity index (χ1n) is 6.17. The zero-order valence-corrected chi connectivity index (χ0v) is 12.3. The van der Waals surface area contributed by atoms with E-state index in [4.69, 9.17) is 9.47 Å². The first-order chi connectivity index (χ1) is 8.27. The molecular weight excluding hydrogens is 234 g/mol. The van der Waals surface area contributed by atoms with E-state index in [1.54, 1.807) is 27.9 Å². The number of methoxy groups -OCH3 is 1. The van der Waals surface area contributed by atoms with Gasteiger partial charge in [0.1, 0.15) is 5.41 Å². The second kappa shape index (κ2) is 7.48. The number of ether oxygens (including phenoxy) is 2. The first kappa shape index (κ1) is 17.1. The van der Waals surface area contributed by atoms with Gasteiger partial charge < -0.3 is 9.47 Å². The molecule has 0 aromatic carbocycles. The molecule has 106 valence electrons. The zero-order valence-electron chi connectivity index (χ0n) is 12.3. The summed E-state index contributed by atoms with van der Waals surface area (Å²) in [4.78, 5) is 25.7. The van der Waals surface area contributed by atoms with Gasteiger partial charge in [-0.1, -0.05) is 0 Å². The van der Waals surface area contributed by atoms with Crippen molar-refractivity contribution in [2.45, 2.75) is 33.7 Å². The second-order valence-electron chi connectivity index (χ2n) is 4.99. The normalized spacial score (nSPS) is 13.5. The Kier molecular flexibility index (Phi) is 7.09. The maximum absolute atomic E-state index is 12.1. The first-order valence-corrected chi connectivity index (χ1v) is 6.17. The largest absolute Gasteiger partial charge is 0.465 e. The quantitative estimate of drug-likeness (QED) is 0.483. The molecule has 0 aliphatic carbocycles. The van der Waals surface area contributed by atoms with Crippen LogP contribution in [0, 0.1) is 5.41 Å². The van der Waals surface area contributed by atoms with Gasteiger partial charge in [-0.05, 0) is 34.7 Å². The van der Waals surface area contributed by atoms with Crippen LogP contribution in [0.15, 0.2) is 0 Å². The molecule has 0 bridgehead atoms. The molecule has 0 fully saturated rings. The van der Waals surface area contributed by atoms with Gasteiger partial charge in [0.2, 0.25) is 0 Å². The maximum atomic E-state index is 12.1. The van der Waals surface area contributed by atoms with Crippen molar-refractivity contribution in [3.63, 3.8) is 0 Å². The maximum Gasteiger partial charge on any atom is 0.319 e. The standard InChI is InChI=1S/C13H25NO4/c1-7-18-12(16)13(3,4)11(15)8-14(5)10(2)9-17-6/h10H,7-9H2,1-6H3. The fourth-order valence-corrected chi connectivity index (χ4v) is 1.37. The summed E-state index contributed by atoms with van der Waals surface area (Å²) in [7, 11) is 3.46. The summed E-state index contributed by atoms with van der Waals surface area (Å²) in [5, 5.41) is 0. The molecule has 5 nitrogen and oxygen atoms in total. The highest BCUT2D eigenvalue weighted by atomic mass is 16.5. The predicted molar refractivity (Wildman–Crippen MR) is 69.4 cm³/mol. The molecular formula is C13H25NO4. The fourth-order valence-electron chi connectivity index (χ4n) is 1.37.